The van der Waals surface area contributed by atoms with Crippen LogP contribution < -0.4 is 5.32 Å². The zero-order valence-electron chi connectivity index (χ0n) is 20.9. The van der Waals surface area contributed by atoms with Crippen molar-refractivity contribution in [1.82, 2.24) is 4.98 Å². The Balaban J connectivity index is 1.39. The number of amides is 1. The molecule has 11 heteroatoms. The SMILES string of the molecule is Cc1cccc(C(O)C2(O)[C@@H]3CC[C@H]2CC(S(=O)(=O)c2cc(C(=O)Nc4ccc(F)c(F)c4)ccc2Cl)C3)n1. The van der Waals surface area contributed by atoms with Gasteiger partial charge in [-0.05, 0) is 86.9 Å². The summed E-state index contributed by atoms with van der Waals surface area (Å²) < 4.78 is 54.3. The van der Waals surface area contributed by atoms with Crippen LogP contribution >= 0.6 is 11.6 Å². The molecule has 5 rings (SSSR count). The average molecular weight is 577 g/mol. The number of fused-ring (bicyclic) bond motifs is 2. The summed E-state index contributed by atoms with van der Waals surface area (Å²) in [6.45, 7) is 1.79. The largest absolute Gasteiger partial charge is 0.386 e. The minimum Gasteiger partial charge on any atom is -0.386 e. The zero-order chi connectivity index (χ0) is 28.1. The highest BCUT2D eigenvalue weighted by molar-refractivity contribution is 7.92. The van der Waals surface area contributed by atoms with Crippen LogP contribution in [0.4, 0.5) is 14.5 Å². The second-order valence-electron chi connectivity index (χ2n) is 10.3. The molecule has 7 nitrogen and oxygen atoms in total. The van der Waals surface area contributed by atoms with Crippen molar-refractivity contribution < 1.29 is 32.2 Å². The first-order valence-corrected chi connectivity index (χ1v) is 14.5. The molecule has 2 aliphatic carbocycles. The zero-order valence-corrected chi connectivity index (χ0v) is 22.5. The number of aryl methyl sites for hydroxylation is 1. The number of hydrogen-bond acceptors (Lipinski definition) is 6. The van der Waals surface area contributed by atoms with Crippen LogP contribution in [0.5, 0.6) is 0 Å². The Kier molecular flexibility index (Phi) is 7.26. The number of pyridine rings is 1. The lowest BCUT2D eigenvalue weighted by molar-refractivity contribution is -0.145. The third-order valence-electron chi connectivity index (χ3n) is 8.01. The van der Waals surface area contributed by atoms with Crippen LogP contribution in [-0.4, -0.2) is 40.4 Å². The number of aliphatic hydroxyl groups is 2. The maximum atomic E-state index is 13.8. The van der Waals surface area contributed by atoms with Crippen molar-refractivity contribution in [2.75, 3.05) is 5.32 Å². The Morgan fingerprint density at radius 3 is 2.41 bits per heavy atom. The molecule has 2 saturated carbocycles. The van der Waals surface area contributed by atoms with E-state index in [0.29, 0.717) is 24.2 Å². The van der Waals surface area contributed by atoms with E-state index >= 15 is 0 Å². The monoisotopic (exact) mass is 576 g/mol. The Hall–Kier alpha value is -2.92. The molecular weight excluding hydrogens is 550 g/mol. The summed E-state index contributed by atoms with van der Waals surface area (Å²) in [7, 11) is -4.04. The molecule has 3 aromatic rings. The summed E-state index contributed by atoms with van der Waals surface area (Å²) >= 11 is 6.29. The van der Waals surface area contributed by atoms with Gasteiger partial charge in [0, 0.05) is 23.0 Å². The first-order valence-electron chi connectivity index (χ1n) is 12.5. The number of carbonyl (C=O) groups excluding carboxylic acids is 1. The standard InChI is InChI=1S/C28H27ClF2N2O5S/c1-15-3-2-4-24(32-15)26(34)28(36)17-6-7-18(28)13-20(12-17)39(37,38)25-11-16(5-9-21(25)29)27(35)33-19-8-10-22(30)23(31)14-19/h2-5,8-11,14,17-18,20,26,34,36H,6-7,12-13H2,1H3,(H,33,35)/t17-,18+,20?,26?,28?. The van der Waals surface area contributed by atoms with Crippen molar-refractivity contribution in [3.8, 4) is 0 Å². The molecule has 0 aliphatic heterocycles. The Bertz CT molecular complexity index is 1540. The first-order chi connectivity index (χ1) is 18.4. The van der Waals surface area contributed by atoms with E-state index in [0.717, 1.165) is 12.1 Å². The van der Waals surface area contributed by atoms with Gasteiger partial charge in [0.05, 0.1) is 20.9 Å². The van der Waals surface area contributed by atoms with Crippen molar-refractivity contribution >= 4 is 33.0 Å². The molecule has 0 radical (unpaired) electrons. The number of aromatic nitrogens is 1. The Labute approximate surface area is 229 Å². The van der Waals surface area contributed by atoms with E-state index in [1.54, 1.807) is 25.1 Å². The van der Waals surface area contributed by atoms with Crippen LogP contribution in [0, 0.1) is 30.4 Å². The van der Waals surface area contributed by atoms with Gasteiger partial charge in [0.1, 0.15) is 11.7 Å². The Morgan fingerprint density at radius 2 is 1.77 bits per heavy atom. The number of nitrogens with one attached hydrogen (secondary N) is 1. The summed E-state index contributed by atoms with van der Waals surface area (Å²) in [5.41, 5.74) is -0.495. The van der Waals surface area contributed by atoms with Crippen molar-refractivity contribution in [3.05, 3.63) is 88.2 Å². The maximum Gasteiger partial charge on any atom is 0.255 e. The fourth-order valence-electron chi connectivity index (χ4n) is 6.01. The van der Waals surface area contributed by atoms with Crippen LogP contribution in [0.25, 0.3) is 0 Å². The third kappa shape index (κ3) is 4.95. The average Bonchev–Trinajstić information content (AvgIpc) is 3.05. The predicted molar refractivity (Wildman–Crippen MR) is 141 cm³/mol. The molecule has 0 spiro atoms. The van der Waals surface area contributed by atoms with Gasteiger partial charge in [-0.3, -0.25) is 9.78 Å². The summed E-state index contributed by atoms with van der Waals surface area (Å²) in [6.07, 6.45) is 0.0751. The fourth-order valence-corrected chi connectivity index (χ4v) is 8.42. The van der Waals surface area contributed by atoms with Crippen molar-refractivity contribution in [1.29, 1.82) is 0 Å². The van der Waals surface area contributed by atoms with E-state index in [9.17, 15) is 32.2 Å². The van der Waals surface area contributed by atoms with Crippen LogP contribution in [0.3, 0.4) is 0 Å². The normalized spacial score (nSPS) is 25.3. The number of aliphatic hydroxyl groups excluding tert-OH is 1. The van der Waals surface area contributed by atoms with Gasteiger partial charge in [0.2, 0.25) is 0 Å². The van der Waals surface area contributed by atoms with Gasteiger partial charge < -0.3 is 15.5 Å². The van der Waals surface area contributed by atoms with Gasteiger partial charge in [-0.15, -0.1) is 0 Å². The quantitative estimate of drug-likeness (QED) is 0.380. The number of benzene rings is 2. The first kappa shape index (κ1) is 27.6. The molecule has 206 valence electrons. The predicted octanol–water partition coefficient (Wildman–Crippen LogP) is 5.00. The second kappa shape index (κ2) is 10.2. The molecule has 1 aromatic heterocycles. The molecule has 39 heavy (non-hydrogen) atoms. The maximum absolute atomic E-state index is 13.8. The number of nitrogens with zero attached hydrogens (tertiary/aromatic N) is 1. The van der Waals surface area contributed by atoms with Gasteiger partial charge in [0.25, 0.3) is 5.91 Å². The van der Waals surface area contributed by atoms with E-state index in [4.69, 9.17) is 11.6 Å². The number of sulfone groups is 1. The highest BCUT2D eigenvalue weighted by Gasteiger charge is 2.59. The molecule has 0 saturated heterocycles. The van der Waals surface area contributed by atoms with Crippen LogP contribution in [-0.2, 0) is 9.84 Å². The van der Waals surface area contributed by atoms with Gasteiger partial charge in [-0.25, -0.2) is 17.2 Å². The lowest BCUT2D eigenvalue weighted by atomic mass is 9.70. The molecule has 2 aromatic carbocycles. The van der Waals surface area contributed by atoms with Crippen molar-refractivity contribution in [2.24, 2.45) is 11.8 Å². The molecule has 2 bridgehead atoms. The summed E-state index contributed by atoms with van der Waals surface area (Å²) in [5.74, 6) is -3.88. The molecule has 3 unspecified atom stereocenters. The highest BCUT2D eigenvalue weighted by Crippen LogP contribution is 2.56. The third-order valence-corrected chi connectivity index (χ3v) is 10.7. The van der Waals surface area contributed by atoms with Crippen molar-refractivity contribution in [3.63, 3.8) is 0 Å². The molecule has 2 fully saturated rings. The fraction of sp³-hybridized carbons (Fsp3) is 0.357. The molecule has 2 aliphatic rings. The van der Waals surface area contributed by atoms with Gasteiger partial charge in [-0.1, -0.05) is 17.7 Å². The van der Waals surface area contributed by atoms with Crippen LogP contribution in [0.2, 0.25) is 5.02 Å². The van der Waals surface area contributed by atoms with Gasteiger partial charge in [-0.2, -0.15) is 0 Å². The molecule has 1 amide bonds. The minimum absolute atomic E-state index is 0.00283. The van der Waals surface area contributed by atoms with E-state index in [1.165, 1.54) is 24.3 Å². The number of anilines is 1. The number of hydrogen-bond donors (Lipinski definition) is 3. The second-order valence-corrected chi connectivity index (χ2v) is 12.9. The van der Waals surface area contributed by atoms with E-state index < -0.39 is 56.2 Å². The topological polar surface area (TPSA) is 117 Å². The summed E-state index contributed by atoms with van der Waals surface area (Å²) in [5, 5.41) is 24.3. The van der Waals surface area contributed by atoms with Crippen LogP contribution in [0.15, 0.2) is 59.5 Å². The molecule has 3 N–H and O–H groups in total. The van der Waals surface area contributed by atoms with Crippen LogP contribution in [0.1, 0.15) is 53.5 Å². The minimum atomic E-state index is -4.04. The lowest BCUT2D eigenvalue weighted by Crippen LogP contribution is -2.52. The summed E-state index contributed by atoms with van der Waals surface area (Å²) in [6, 6.07) is 11.9. The van der Waals surface area contributed by atoms with E-state index in [1.807, 2.05) is 0 Å². The summed E-state index contributed by atoms with van der Waals surface area (Å²) in [4.78, 5) is 16.9. The Morgan fingerprint density at radius 1 is 1.08 bits per heavy atom. The number of rotatable bonds is 6. The lowest BCUT2D eigenvalue weighted by Gasteiger charge is -2.45. The molecule has 1 heterocycles. The highest BCUT2D eigenvalue weighted by atomic mass is 35.5. The van der Waals surface area contributed by atoms with Gasteiger partial charge in [0.15, 0.2) is 21.5 Å². The smallest absolute Gasteiger partial charge is 0.255 e. The van der Waals surface area contributed by atoms with Crippen molar-refractivity contribution in [2.45, 2.75) is 54.5 Å². The number of halogens is 3. The van der Waals surface area contributed by atoms with Gasteiger partial charge >= 0.3 is 0 Å². The number of carbonyl (C=O) groups is 1. The molecular formula is C28H27ClF2N2O5S. The molecule has 5 atom stereocenters. The van der Waals surface area contributed by atoms with E-state index in [2.05, 4.69) is 10.3 Å². The van der Waals surface area contributed by atoms with E-state index in [-0.39, 0.29) is 34.0 Å².